The molecule has 114 valence electrons. The van der Waals surface area contributed by atoms with Gasteiger partial charge in [0.15, 0.2) is 0 Å². The lowest BCUT2D eigenvalue weighted by Gasteiger charge is -2.42. The van der Waals surface area contributed by atoms with Gasteiger partial charge in [0.05, 0.1) is 18.1 Å². The maximum Gasteiger partial charge on any atom is 0.224 e. The molecule has 4 nitrogen and oxygen atoms in total. The first kappa shape index (κ1) is 13.9. The molecule has 2 aliphatic heterocycles. The summed E-state index contributed by atoms with van der Waals surface area (Å²) in [5.41, 5.74) is 1.86. The molecule has 0 aliphatic carbocycles. The van der Waals surface area contributed by atoms with E-state index in [1.807, 2.05) is 35.2 Å². The van der Waals surface area contributed by atoms with Gasteiger partial charge in [-0.3, -0.25) is 4.79 Å². The molecule has 1 fully saturated rings. The van der Waals surface area contributed by atoms with E-state index < -0.39 is 0 Å². The van der Waals surface area contributed by atoms with Gasteiger partial charge in [-0.15, -0.1) is 0 Å². The van der Waals surface area contributed by atoms with Gasteiger partial charge in [-0.25, -0.2) is 0 Å². The number of hydrogen-bond donors (Lipinski definition) is 0. The van der Waals surface area contributed by atoms with Gasteiger partial charge in [-0.05, 0) is 36.8 Å². The molecule has 4 rings (SSSR count). The fraction of sp³-hybridized carbons (Fsp3) is 0.353. The Morgan fingerprint density at radius 2 is 2.23 bits per heavy atom. The van der Waals surface area contributed by atoms with Gasteiger partial charge >= 0.3 is 0 Å². The molecule has 1 amide bonds. The highest BCUT2D eigenvalue weighted by Crippen LogP contribution is 2.53. The van der Waals surface area contributed by atoms with E-state index in [9.17, 15) is 4.79 Å². The molecule has 5 heteroatoms. The number of benzene rings is 1. The molecule has 0 spiro atoms. The van der Waals surface area contributed by atoms with Crippen molar-refractivity contribution in [2.24, 2.45) is 5.92 Å². The standard InChI is InChI=1S/C17H16ClNO3/c1-10(20)19-14-5-4-11(18)9-13(14)17-12(6-8-22-17)16(19)15-3-2-7-21-15/h2-5,7,9,12,16-17H,6,8H2,1H3/t12-,16+,17+/m1/s1. The average molecular weight is 318 g/mol. The highest BCUT2D eigenvalue weighted by atomic mass is 35.5. The Bertz CT molecular complexity index is 713. The minimum Gasteiger partial charge on any atom is -0.467 e. The van der Waals surface area contributed by atoms with E-state index in [2.05, 4.69) is 0 Å². The largest absolute Gasteiger partial charge is 0.467 e. The van der Waals surface area contributed by atoms with Crippen molar-refractivity contribution in [1.82, 2.24) is 0 Å². The third kappa shape index (κ3) is 1.98. The number of fused-ring (bicyclic) bond motifs is 3. The van der Waals surface area contributed by atoms with Crippen LogP contribution in [0.15, 0.2) is 41.0 Å². The van der Waals surface area contributed by atoms with Crippen LogP contribution in [-0.4, -0.2) is 12.5 Å². The van der Waals surface area contributed by atoms with Gasteiger partial charge in [-0.1, -0.05) is 11.6 Å². The van der Waals surface area contributed by atoms with Crippen LogP contribution in [0, 0.1) is 5.92 Å². The molecule has 0 N–H and O–H groups in total. The van der Waals surface area contributed by atoms with Crippen molar-refractivity contribution >= 4 is 23.2 Å². The number of hydrogen-bond acceptors (Lipinski definition) is 3. The number of furan rings is 1. The van der Waals surface area contributed by atoms with Crippen LogP contribution >= 0.6 is 11.6 Å². The zero-order valence-electron chi connectivity index (χ0n) is 12.2. The fourth-order valence-electron chi connectivity index (χ4n) is 3.73. The summed E-state index contributed by atoms with van der Waals surface area (Å²) in [6.45, 7) is 2.27. The van der Waals surface area contributed by atoms with Crippen LogP contribution in [0.5, 0.6) is 0 Å². The maximum atomic E-state index is 12.4. The maximum absolute atomic E-state index is 12.4. The summed E-state index contributed by atoms with van der Waals surface area (Å²) in [7, 11) is 0. The van der Waals surface area contributed by atoms with Gasteiger partial charge in [0.25, 0.3) is 0 Å². The fourth-order valence-corrected chi connectivity index (χ4v) is 3.91. The summed E-state index contributed by atoms with van der Waals surface area (Å²) in [6.07, 6.45) is 2.50. The second kappa shape index (κ2) is 5.14. The van der Waals surface area contributed by atoms with E-state index in [1.54, 1.807) is 13.2 Å². The zero-order valence-corrected chi connectivity index (χ0v) is 12.9. The zero-order chi connectivity index (χ0) is 15.3. The minimum atomic E-state index is -0.131. The van der Waals surface area contributed by atoms with E-state index in [0.717, 1.165) is 23.4 Å². The van der Waals surface area contributed by atoms with Gasteiger partial charge in [-0.2, -0.15) is 0 Å². The normalized spacial score (nSPS) is 26.6. The van der Waals surface area contributed by atoms with Crippen molar-refractivity contribution in [2.45, 2.75) is 25.5 Å². The van der Waals surface area contributed by atoms with E-state index in [4.69, 9.17) is 20.8 Å². The van der Waals surface area contributed by atoms with Crippen LogP contribution in [0.1, 0.15) is 36.8 Å². The molecule has 0 bridgehead atoms. The highest BCUT2D eigenvalue weighted by molar-refractivity contribution is 6.30. The number of halogens is 1. The number of rotatable bonds is 1. The quantitative estimate of drug-likeness (QED) is 0.794. The van der Waals surface area contributed by atoms with Crippen molar-refractivity contribution in [3.05, 3.63) is 52.9 Å². The smallest absolute Gasteiger partial charge is 0.224 e. The van der Waals surface area contributed by atoms with Gasteiger partial charge in [0.1, 0.15) is 11.8 Å². The molecule has 2 aliphatic rings. The van der Waals surface area contributed by atoms with Crippen LogP contribution in [0.4, 0.5) is 5.69 Å². The Hall–Kier alpha value is -1.78. The molecule has 0 saturated carbocycles. The lowest BCUT2D eigenvalue weighted by Crippen LogP contribution is -2.42. The monoisotopic (exact) mass is 317 g/mol. The minimum absolute atomic E-state index is 0.00433. The summed E-state index contributed by atoms with van der Waals surface area (Å²) >= 11 is 6.15. The first-order chi connectivity index (χ1) is 10.7. The molecule has 0 unspecified atom stereocenters. The Labute approximate surface area is 133 Å². The van der Waals surface area contributed by atoms with E-state index in [1.165, 1.54) is 0 Å². The van der Waals surface area contributed by atoms with Crippen molar-refractivity contribution < 1.29 is 13.9 Å². The molecule has 1 aromatic heterocycles. The topological polar surface area (TPSA) is 42.7 Å². The first-order valence-corrected chi connectivity index (χ1v) is 7.79. The second-order valence-corrected chi connectivity index (χ2v) is 6.23. The molecule has 22 heavy (non-hydrogen) atoms. The summed E-state index contributed by atoms with van der Waals surface area (Å²) < 4.78 is 11.6. The third-order valence-electron chi connectivity index (χ3n) is 4.55. The van der Waals surface area contributed by atoms with Crippen molar-refractivity contribution in [2.75, 3.05) is 11.5 Å². The molecular formula is C17H16ClNO3. The number of amides is 1. The number of ether oxygens (including phenoxy) is 1. The van der Waals surface area contributed by atoms with Crippen LogP contribution < -0.4 is 4.90 Å². The summed E-state index contributed by atoms with van der Waals surface area (Å²) in [6, 6.07) is 9.27. The molecule has 2 aromatic rings. The number of anilines is 1. The van der Waals surface area contributed by atoms with Crippen molar-refractivity contribution in [1.29, 1.82) is 0 Å². The predicted octanol–water partition coefficient (Wildman–Crippen LogP) is 4.12. The van der Waals surface area contributed by atoms with E-state index >= 15 is 0 Å². The number of carbonyl (C=O) groups excluding carboxylic acids is 1. The Morgan fingerprint density at radius 3 is 2.95 bits per heavy atom. The van der Waals surface area contributed by atoms with Crippen molar-refractivity contribution in [3.8, 4) is 0 Å². The number of carbonyl (C=O) groups is 1. The molecule has 3 heterocycles. The highest BCUT2D eigenvalue weighted by Gasteiger charge is 2.47. The van der Waals surface area contributed by atoms with Gasteiger partial charge in [0, 0.05) is 30.0 Å². The van der Waals surface area contributed by atoms with Crippen LogP contribution in [0.2, 0.25) is 5.02 Å². The predicted molar refractivity (Wildman–Crippen MR) is 82.9 cm³/mol. The van der Waals surface area contributed by atoms with Gasteiger partial charge < -0.3 is 14.1 Å². The Kier molecular flexibility index (Phi) is 3.24. The summed E-state index contributed by atoms with van der Waals surface area (Å²) in [4.78, 5) is 14.2. The Morgan fingerprint density at radius 1 is 1.36 bits per heavy atom. The number of nitrogens with zero attached hydrogens (tertiary/aromatic N) is 1. The third-order valence-corrected chi connectivity index (χ3v) is 4.79. The summed E-state index contributed by atoms with van der Waals surface area (Å²) in [5, 5.41) is 0.660. The molecule has 0 radical (unpaired) electrons. The van der Waals surface area contributed by atoms with Gasteiger partial charge in [0.2, 0.25) is 5.91 Å². The first-order valence-electron chi connectivity index (χ1n) is 7.41. The van der Waals surface area contributed by atoms with Crippen LogP contribution in [0.25, 0.3) is 0 Å². The van der Waals surface area contributed by atoms with E-state index in [0.29, 0.717) is 11.6 Å². The van der Waals surface area contributed by atoms with Crippen LogP contribution in [0.3, 0.4) is 0 Å². The summed E-state index contributed by atoms with van der Waals surface area (Å²) in [5.74, 6) is 0.979. The molecule has 3 atom stereocenters. The molecule has 1 aromatic carbocycles. The van der Waals surface area contributed by atoms with E-state index in [-0.39, 0.29) is 24.0 Å². The average Bonchev–Trinajstić information content (AvgIpc) is 3.17. The Balaban J connectivity index is 1.92. The lowest BCUT2D eigenvalue weighted by molar-refractivity contribution is -0.117. The lowest BCUT2D eigenvalue weighted by atomic mass is 9.81. The molecular weight excluding hydrogens is 302 g/mol. The molecule has 1 saturated heterocycles. The second-order valence-electron chi connectivity index (χ2n) is 5.80. The van der Waals surface area contributed by atoms with Crippen LogP contribution in [-0.2, 0) is 9.53 Å². The SMILES string of the molecule is CC(=O)N1c2ccc(Cl)cc2[C@H]2OCC[C@@H]2[C@H]1c1ccco1. The van der Waals surface area contributed by atoms with Crippen molar-refractivity contribution in [3.63, 3.8) is 0 Å².